The zero-order valence-corrected chi connectivity index (χ0v) is 8.48. The minimum Gasteiger partial charge on any atom is -0.381 e. The molecule has 1 aliphatic heterocycles. The molecule has 1 aliphatic rings. The summed E-state index contributed by atoms with van der Waals surface area (Å²) in [4.78, 5) is 0. The Morgan fingerprint density at radius 2 is 1.93 bits per heavy atom. The van der Waals surface area contributed by atoms with E-state index in [-0.39, 0.29) is 6.61 Å². The average Bonchev–Trinajstić information content (AvgIpc) is 2.17. The molecule has 0 bridgehead atoms. The predicted molar refractivity (Wildman–Crippen MR) is 48.7 cm³/mol. The summed E-state index contributed by atoms with van der Waals surface area (Å²) in [6.07, 6.45) is -2.39. The van der Waals surface area contributed by atoms with Gasteiger partial charge in [-0.3, -0.25) is 0 Å². The molecule has 1 saturated heterocycles. The molecule has 0 amide bonds. The molecule has 0 aromatic carbocycles. The lowest BCUT2D eigenvalue weighted by Gasteiger charge is -2.23. The first-order chi connectivity index (χ1) is 7.08. The Bertz CT molecular complexity index is 169. The van der Waals surface area contributed by atoms with E-state index in [2.05, 4.69) is 10.1 Å². The lowest BCUT2D eigenvalue weighted by molar-refractivity contribution is -0.173. The van der Waals surface area contributed by atoms with Crippen molar-refractivity contribution in [2.75, 3.05) is 33.0 Å². The van der Waals surface area contributed by atoms with Crippen LogP contribution >= 0.6 is 0 Å². The van der Waals surface area contributed by atoms with Crippen molar-refractivity contribution in [2.24, 2.45) is 0 Å². The van der Waals surface area contributed by atoms with Crippen LogP contribution in [0.25, 0.3) is 0 Å². The number of halogens is 3. The maximum absolute atomic E-state index is 11.7. The summed E-state index contributed by atoms with van der Waals surface area (Å²) >= 11 is 0. The third-order valence-corrected chi connectivity index (χ3v) is 2.17. The van der Waals surface area contributed by atoms with Crippen molar-refractivity contribution in [1.29, 1.82) is 0 Å². The van der Waals surface area contributed by atoms with Crippen molar-refractivity contribution in [1.82, 2.24) is 5.32 Å². The van der Waals surface area contributed by atoms with E-state index in [0.717, 1.165) is 26.1 Å². The van der Waals surface area contributed by atoms with Gasteiger partial charge in [-0.2, -0.15) is 13.2 Å². The van der Waals surface area contributed by atoms with E-state index in [1.54, 1.807) is 0 Å². The molecular formula is C9H16F3NO2. The van der Waals surface area contributed by atoms with Crippen molar-refractivity contribution in [3.05, 3.63) is 0 Å². The molecule has 15 heavy (non-hydrogen) atoms. The molecule has 3 nitrogen and oxygen atoms in total. The Balaban J connectivity index is 1.92. The van der Waals surface area contributed by atoms with Crippen LogP contribution < -0.4 is 5.32 Å². The zero-order valence-electron chi connectivity index (χ0n) is 8.48. The molecule has 6 heteroatoms. The largest absolute Gasteiger partial charge is 0.411 e. The lowest BCUT2D eigenvalue weighted by atomic mass is 10.1. The van der Waals surface area contributed by atoms with Gasteiger partial charge in [0.25, 0.3) is 0 Å². The van der Waals surface area contributed by atoms with Gasteiger partial charge in [-0.15, -0.1) is 0 Å². The molecule has 0 atom stereocenters. The molecule has 0 aromatic heterocycles. The highest BCUT2D eigenvalue weighted by molar-refractivity contribution is 4.69. The Labute approximate surface area is 86.9 Å². The average molecular weight is 227 g/mol. The Hall–Kier alpha value is -0.330. The maximum atomic E-state index is 11.7. The molecule has 0 aromatic rings. The molecule has 0 radical (unpaired) electrons. The van der Waals surface area contributed by atoms with Gasteiger partial charge in [-0.25, -0.2) is 0 Å². The molecule has 1 fully saturated rings. The summed E-state index contributed by atoms with van der Waals surface area (Å²) in [7, 11) is 0. The minimum absolute atomic E-state index is 0.0941. The first kappa shape index (κ1) is 12.7. The number of rotatable bonds is 5. The number of nitrogens with one attached hydrogen (secondary N) is 1. The van der Waals surface area contributed by atoms with Gasteiger partial charge in [0.2, 0.25) is 0 Å². The Morgan fingerprint density at radius 1 is 1.27 bits per heavy atom. The summed E-state index contributed by atoms with van der Waals surface area (Å²) in [5, 5.41) is 3.14. The van der Waals surface area contributed by atoms with Crippen LogP contribution in [-0.4, -0.2) is 45.2 Å². The molecule has 0 aliphatic carbocycles. The van der Waals surface area contributed by atoms with Gasteiger partial charge in [0.1, 0.15) is 6.61 Å². The van der Waals surface area contributed by atoms with Crippen LogP contribution in [0.4, 0.5) is 13.2 Å². The van der Waals surface area contributed by atoms with Crippen molar-refractivity contribution >= 4 is 0 Å². The number of hydrogen-bond donors (Lipinski definition) is 1. The third kappa shape index (κ3) is 6.70. The zero-order chi connectivity index (χ0) is 11.1. The number of alkyl halides is 3. The monoisotopic (exact) mass is 227 g/mol. The summed E-state index contributed by atoms with van der Waals surface area (Å²) in [6, 6.07) is 0.355. The molecule has 0 saturated carbocycles. The van der Waals surface area contributed by atoms with Crippen LogP contribution in [0.3, 0.4) is 0 Å². The first-order valence-electron chi connectivity index (χ1n) is 5.03. The van der Waals surface area contributed by atoms with Gasteiger partial charge in [0, 0.05) is 25.8 Å². The minimum atomic E-state index is -4.22. The van der Waals surface area contributed by atoms with E-state index in [9.17, 15) is 13.2 Å². The van der Waals surface area contributed by atoms with Gasteiger partial charge in [0.05, 0.1) is 6.61 Å². The van der Waals surface area contributed by atoms with Gasteiger partial charge in [-0.1, -0.05) is 0 Å². The number of hydrogen-bond acceptors (Lipinski definition) is 3. The molecule has 1 rings (SSSR count). The highest BCUT2D eigenvalue weighted by atomic mass is 19.4. The highest BCUT2D eigenvalue weighted by Crippen LogP contribution is 2.14. The van der Waals surface area contributed by atoms with Gasteiger partial charge in [0.15, 0.2) is 0 Å². The molecule has 0 unspecified atom stereocenters. The van der Waals surface area contributed by atoms with Gasteiger partial charge in [-0.05, 0) is 12.8 Å². The summed E-state index contributed by atoms with van der Waals surface area (Å²) in [5.41, 5.74) is 0. The SMILES string of the molecule is FC(F)(F)COCCNC1CCOCC1. The highest BCUT2D eigenvalue weighted by Gasteiger charge is 2.27. The summed E-state index contributed by atoms with van der Waals surface area (Å²) < 4.78 is 44.6. The molecule has 0 spiro atoms. The third-order valence-electron chi connectivity index (χ3n) is 2.17. The fourth-order valence-electron chi connectivity index (χ4n) is 1.42. The molecule has 1 N–H and O–H groups in total. The van der Waals surface area contributed by atoms with E-state index in [4.69, 9.17) is 4.74 Å². The van der Waals surface area contributed by atoms with Crippen LogP contribution in [0.1, 0.15) is 12.8 Å². The standard InChI is InChI=1S/C9H16F3NO2/c10-9(11,12)7-15-6-3-13-8-1-4-14-5-2-8/h8,13H,1-7H2. The Morgan fingerprint density at radius 3 is 2.53 bits per heavy atom. The lowest BCUT2D eigenvalue weighted by Crippen LogP contribution is -2.37. The van der Waals surface area contributed by atoms with Gasteiger partial charge >= 0.3 is 6.18 Å². The van der Waals surface area contributed by atoms with E-state index >= 15 is 0 Å². The van der Waals surface area contributed by atoms with Crippen LogP contribution in [-0.2, 0) is 9.47 Å². The van der Waals surface area contributed by atoms with Crippen LogP contribution in [0.15, 0.2) is 0 Å². The second-order valence-corrected chi connectivity index (χ2v) is 3.51. The van der Waals surface area contributed by atoms with E-state index in [1.165, 1.54) is 0 Å². The van der Waals surface area contributed by atoms with Crippen LogP contribution in [0, 0.1) is 0 Å². The van der Waals surface area contributed by atoms with Crippen molar-refractivity contribution in [2.45, 2.75) is 25.1 Å². The van der Waals surface area contributed by atoms with E-state index in [1.807, 2.05) is 0 Å². The first-order valence-corrected chi connectivity index (χ1v) is 5.03. The van der Waals surface area contributed by atoms with Crippen molar-refractivity contribution < 1.29 is 22.6 Å². The molecule has 90 valence electrons. The number of ether oxygens (including phenoxy) is 2. The second-order valence-electron chi connectivity index (χ2n) is 3.51. The normalized spacial score (nSPS) is 19.4. The van der Waals surface area contributed by atoms with E-state index < -0.39 is 12.8 Å². The Kier molecular flexibility index (Phi) is 5.35. The second kappa shape index (κ2) is 6.30. The quantitative estimate of drug-likeness (QED) is 0.719. The smallest absolute Gasteiger partial charge is 0.381 e. The fraction of sp³-hybridized carbons (Fsp3) is 1.00. The molecular weight excluding hydrogens is 211 g/mol. The van der Waals surface area contributed by atoms with Crippen molar-refractivity contribution in [3.8, 4) is 0 Å². The molecule has 1 heterocycles. The summed E-state index contributed by atoms with van der Waals surface area (Å²) in [5.74, 6) is 0. The topological polar surface area (TPSA) is 30.5 Å². The predicted octanol–water partition coefficient (Wildman–Crippen LogP) is 1.33. The summed E-state index contributed by atoms with van der Waals surface area (Å²) in [6.45, 7) is 0.836. The van der Waals surface area contributed by atoms with Crippen molar-refractivity contribution in [3.63, 3.8) is 0 Å². The van der Waals surface area contributed by atoms with E-state index in [0.29, 0.717) is 12.6 Å². The maximum Gasteiger partial charge on any atom is 0.411 e. The van der Waals surface area contributed by atoms with Gasteiger partial charge < -0.3 is 14.8 Å². The fourth-order valence-corrected chi connectivity index (χ4v) is 1.42. The van der Waals surface area contributed by atoms with Crippen LogP contribution in [0.2, 0.25) is 0 Å². The van der Waals surface area contributed by atoms with Crippen LogP contribution in [0.5, 0.6) is 0 Å².